The van der Waals surface area contributed by atoms with Gasteiger partial charge in [0.2, 0.25) is 0 Å². The van der Waals surface area contributed by atoms with E-state index >= 15 is 0 Å². The number of carbonyl (C=O) groups excluding carboxylic acids is 2. The number of aldehydes is 1. The minimum atomic E-state index is -0.479. The number of benzene rings is 2. The minimum Gasteiger partial charge on any atom is -0.497 e. The minimum absolute atomic E-state index is 0.264. The monoisotopic (exact) mass is 414 g/mol. The molecule has 2 aromatic carbocycles. The number of rotatable bonds is 8. The Kier molecular flexibility index (Phi) is 14.7. The van der Waals surface area contributed by atoms with Crippen LogP contribution >= 0.6 is 0 Å². The van der Waals surface area contributed by atoms with E-state index in [0.29, 0.717) is 24.3 Å². The molecule has 30 heavy (non-hydrogen) atoms. The summed E-state index contributed by atoms with van der Waals surface area (Å²) in [5.74, 6) is 1.21. The number of aliphatic hydroxyl groups is 1. The first-order valence-corrected chi connectivity index (χ1v) is 9.18. The van der Waals surface area contributed by atoms with Gasteiger partial charge in [-0.15, -0.1) is 6.58 Å². The van der Waals surface area contributed by atoms with E-state index in [1.54, 1.807) is 44.6 Å². The van der Waals surface area contributed by atoms with Gasteiger partial charge in [-0.05, 0) is 36.2 Å². The van der Waals surface area contributed by atoms with Crippen molar-refractivity contribution in [1.29, 1.82) is 0 Å². The molecule has 0 heterocycles. The van der Waals surface area contributed by atoms with E-state index < -0.39 is 6.10 Å². The van der Waals surface area contributed by atoms with Gasteiger partial charge in [0.15, 0.2) is 0 Å². The van der Waals surface area contributed by atoms with Gasteiger partial charge in [0, 0.05) is 12.5 Å². The summed E-state index contributed by atoms with van der Waals surface area (Å²) in [5.41, 5.74) is 1.50. The Morgan fingerprint density at radius 2 is 1.63 bits per heavy atom. The Morgan fingerprint density at radius 3 is 2.10 bits per heavy atom. The Bertz CT molecular complexity index is 785. The fourth-order valence-corrected chi connectivity index (χ4v) is 2.03. The number of carbonyl (C=O) groups is 2. The Morgan fingerprint density at radius 1 is 1.03 bits per heavy atom. The van der Waals surface area contributed by atoms with Crippen LogP contribution < -0.4 is 9.47 Å². The summed E-state index contributed by atoms with van der Waals surface area (Å²) in [7, 11) is 3.18. The second-order valence-electron chi connectivity index (χ2n) is 5.80. The van der Waals surface area contributed by atoms with Gasteiger partial charge in [0.25, 0.3) is 0 Å². The van der Waals surface area contributed by atoms with Crippen molar-refractivity contribution in [1.82, 2.24) is 0 Å². The van der Waals surface area contributed by atoms with E-state index in [1.165, 1.54) is 13.0 Å². The average Bonchev–Trinajstić information content (AvgIpc) is 2.78. The molecule has 1 atom stereocenters. The number of aliphatic hydroxyl groups excluding tert-OH is 1. The predicted octanol–water partition coefficient (Wildman–Crippen LogP) is 4.55. The first-order chi connectivity index (χ1) is 14.4. The van der Waals surface area contributed by atoms with Crippen LogP contribution in [0.4, 0.5) is 0 Å². The summed E-state index contributed by atoms with van der Waals surface area (Å²) < 4.78 is 14.4. The lowest BCUT2D eigenvalue weighted by Gasteiger charge is -2.09. The van der Waals surface area contributed by atoms with Crippen molar-refractivity contribution >= 4 is 12.3 Å². The molecule has 1 unspecified atom stereocenters. The molecule has 0 aliphatic carbocycles. The summed E-state index contributed by atoms with van der Waals surface area (Å²) >= 11 is 0. The molecule has 2 rings (SSSR count). The van der Waals surface area contributed by atoms with Gasteiger partial charge < -0.3 is 19.3 Å². The molecule has 0 saturated heterocycles. The maximum absolute atomic E-state index is 10.2. The van der Waals surface area contributed by atoms with Crippen LogP contribution in [0, 0.1) is 0 Å². The highest BCUT2D eigenvalue weighted by molar-refractivity contribution is 5.75. The van der Waals surface area contributed by atoms with Crippen molar-refractivity contribution in [2.75, 3.05) is 20.8 Å². The molecule has 0 aromatic heterocycles. The summed E-state index contributed by atoms with van der Waals surface area (Å²) in [6.45, 7) is 8.61. The summed E-state index contributed by atoms with van der Waals surface area (Å²) in [6.07, 6.45) is 4.11. The lowest BCUT2D eigenvalue weighted by molar-refractivity contribution is -0.139. The number of hydrogen-bond donors (Lipinski definition) is 1. The third-order valence-electron chi connectivity index (χ3n) is 3.50. The van der Waals surface area contributed by atoms with Gasteiger partial charge in [-0.3, -0.25) is 9.59 Å². The standard InChI is InChI=1S/C11H14O2.C8H8O2.C5H8O2/c1-3-5-11(12)9-6-4-7-10(8-9)13-2;1-10-8-4-2-3-7(5-8)6-9;1-3-4-7-5(2)6/h3-4,6-8,11-12H,1,5H2,2H3;2-6H,1H3;3H,1,4H2,2H3. The number of esters is 1. The summed E-state index contributed by atoms with van der Waals surface area (Å²) in [4.78, 5) is 20.2. The molecule has 0 aliphatic heterocycles. The van der Waals surface area contributed by atoms with E-state index in [1.807, 2.05) is 24.3 Å². The Labute approximate surface area is 178 Å². The quantitative estimate of drug-likeness (QED) is 0.388. The Hall–Kier alpha value is -3.38. The molecule has 162 valence electrons. The third-order valence-corrected chi connectivity index (χ3v) is 3.50. The molecule has 2 aromatic rings. The molecule has 0 fully saturated rings. The highest BCUT2D eigenvalue weighted by Gasteiger charge is 2.05. The maximum atomic E-state index is 10.2. The molecule has 0 saturated carbocycles. The molecule has 0 radical (unpaired) electrons. The number of methoxy groups -OCH3 is 2. The molecule has 6 nitrogen and oxygen atoms in total. The predicted molar refractivity (Wildman–Crippen MR) is 118 cm³/mol. The van der Waals surface area contributed by atoms with E-state index in [4.69, 9.17) is 9.47 Å². The molecule has 0 spiro atoms. The van der Waals surface area contributed by atoms with Gasteiger partial charge in [-0.2, -0.15) is 0 Å². The van der Waals surface area contributed by atoms with Crippen LogP contribution in [0.25, 0.3) is 0 Å². The highest BCUT2D eigenvalue weighted by atomic mass is 16.5. The SMILES string of the molecule is C=CCC(O)c1cccc(OC)c1.C=CCOC(C)=O.COc1cccc(C=O)c1. The van der Waals surface area contributed by atoms with Crippen molar-refractivity contribution in [2.45, 2.75) is 19.4 Å². The van der Waals surface area contributed by atoms with Crippen molar-refractivity contribution in [2.24, 2.45) is 0 Å². The highest BCUT2D eigenvalue weighted by Crippen LogP contribution is 2.21. The molecule has 1 N–H and O–H groups in total. The lowest BCUT2D eigenvalue weighted by Crippen LogP contribution is -1.96. The molecule has 0 amide bonds. The average molecular weight is 414 g/mol. The van der Waals surface area contributed by atoms with E-state index in [-0.39, 0.29) is 5.97 Å². The topological polar surface area (TPSA) is 82.1 Å². The largest absolute Gasteiger partial charge is 0.497 e. The van der Waals surface area contributed by atoms with Crippen LogP contribution in [-0.2, 0) is 9.53 Å². The van der Waals surface area contributed by atoms with Gasteiger partial charge in [-0.25, -0.2) is 0 Å². The fourth-order valence-electron chi connectivity index (χ4n) is 2.03. The normalized spacial score (nSPS) is 10.0. The zero-order valence-electron chi connectivity index (χ0n) is 17.7. The van der Waals surface area contributed by atoms with Crippen molar-refractivity contribution in [3.05, 3.63) is 85.0 Å². The number of ether oxygens (including phenoxy) is 3. The first-order valence-electron chi connectivity index (χ1n) is 9.18. The molecule has 6 heteroatoms. The lowest BCUT2D eigenvalue weighted by atomic mass is 10.1. The Balaban J connectivity index is 0.000000442. The summed E-state index contributed by atoms with van der Waals surface area (Å²) in [5, 5.41) is 9.61. The summed E-state index contributed by atoms with van der Waals surface area (Å²) in [6, 6.07) is 14.4. The van der Waals surface area contributed by atoms with Crippen LogP contribution in [0.1, 0.15) is 35.4 Å². The van der Waals surface area contributed by atoms with Gasteiger partial charge in [0.1, 0.15) is 24.4 Å². The molecular formula is C24H30O6. The van der Waals surface area contributed by atoms with E-state index in [2.05, 4.69) is 17.9 Å². The van der Waals surface area contributed by atoms with E-state index in [0.717, 1.165) is 17.6 Å². The van der Waals surface area contributed by atoms with Crippen molar-refractivity contribution < 1.29 is 28.9 Å². The maximum Gasteiger partial charge on any atom is 0.302 e. The second-order valence-corrected chi connectivity index (χ2v) is 5.80. The van der Waals surface area contributed by atoms with Gasteiger partial charge in [-0.1, -0.05) is 43.0 Å². The molecule has 0 bridgehead atoms. The zero-order valence-corrected chi connectivity index (χ0v) is 17.7. The van der Waals surface area contributed by atoms with Crippen molar-refractivity contribution in [3.8, 4) is 11.5 Å². The van der Waals surface area contributed by atoms with Crippen LogP contribution in [0.15, 0.2) is 73.8 Å². The van der Waals surface area contributed by atoms with E-state index in [9.17, 15) is 14.7 Å². The molecule has 0 aliphatic rings. The van der Waals surface area contributed by atoms with Gasteiger partial charge in [0.05, 0.1) is 20.3 Å². The third kappa shape index (κ3) is 12.2. The smallest absolute Gasteiger partial charge is 0.302 e. The fraction of sp³-hybridized carbons (Fsp3) is 0.250. The zero-order chi connectivity index (χ0) is 22.8. The molecular weight excluding hydrogens is 384 g/mol. The van der Waals surface area contributed by atoms with Crippen molar-refractivity contribution in [3.63, 3.8) is 0 Å². The van der Waals surface area contributed by atoms with Crippen LogP contribution in [0.3, 0.4) is 0 Å². The first kappa shape index (κ1) is 26.6. The van der Waals surface area contributed by atoms with Gasteiger partial charge >= 0.3 is 5.97 Å². The van der Waals surface area contributed by atoms with Crippen LogP contribution in [0.5, 0.6) is 11.5 Å². The second kappa shape index (κ2) is 16.6. The number of hydrogen-bond acceptors (Lipinski definition) is 6. The van der Waals surface area contributed by atoms with Crippen LogP contribution in [-0.4, -0.2) is 38.2 Å². The van der Waals surface area contributed by atoms with Crippen LogP contribution in [0.2, 0.25) is 0 Å².